The predicted molar refractivity (Wildman–Crippen MR) is 132 cm³/mol. The summed E-state index contributed by atoms with van der Waals surface area (Å²) in [6, 6.07) is 15.8. The zero-order chi connectivity index (χ0) is 24.9. The number of hydrogen-bond donors (Lipinski definition) is 3. The molecule has 0 fully saturated rings. The van der Waals surface area contributed by atoms with E-state index in [0.29, 0.717) is 5.75 Å². The second-order valence-electron chi connectivity index (χ2n) is 8.06. The fourth-order valence-corrected chi connectivity index (χ4v) is 3.98. The fraction of sp³-hybridized carbons (Fsp3) is 0.360. The van der Waals surface area contributed by atoms with E-state index in [9.17, 15) is 24.3 Å². The minimum Gasteiger partial charge on any atom is -1.00 e. The van der Waals surface area contributed by atoms with E-state index in [1.54, 1.807) is 36.4 Å². The lowest BCUT2D eigenvalue weighted by Crippen LogP contribution is -3.00. The maximum Gasteiger partial charge on any atom is 0.408 e. The quantitative estimate of drug-likeness (QED) is 0.276. The number of nitrogens with one attached hydrogen (secondary N) is 2. The van der Waals surface area contributed by atoms with E-state index in [0.717, 1.165) is 11.1 Å². The van der Waals surface area contributed by atoms with E-state index in [4.69, 9.17) is 4.74 Å². The van der Waals surface area contributed by atoms with Crippen LogP contribution in [-0.4, -0.2) is 59.2 Å². The van der Waals surface area contributed by atoms with Gasteiger partial charge in [-0.05, 0) is 28.4 Å². The standard InChI is InChI=1S/C25H30N2O6S.BrH/c1-34(2)17-20(28)13-14-21(24(30)31)26-23(29)22(15-18-9-5-3-6-10-18)27-25(32)33-16-19-11-7-4-8-12-19;/h3-12,21-22H,13-17H2,1-2H3,(H2-,26,27,29,30,31,32);1H. The number of ketones is 1. The number of halogens is 1. The van der Waals surface area contributed by atoms with Crippen molar-refractivity contribution in [3.63, 3.8) is 0 Å². The van der Waals surface area contributed by atoms with Gasteiger partial charge in [-0.2, -0.15) is 0 Å². The molecule has 0 heterocycles. The van der Waals surface area contributed by atoms with Crippen LogP contribution in [0.15, 0.2) is 60.7 Å². The zero-order valence-electron chi connectivity index (χ0n) is 19.7. The first-order chi connectivity index (χ1) is 16.2. The molecule has 2 rings (SSSR count). The number of alkyl carbamates (subject to hydrolysis) is 1. The third kappa shape index (κ3) is 11.9. The molecule has 0 saturated carbocycles. The molecule has 0 saturated heterocycles. The average molecular weight is 568 g/mol. The van der Waals surface area contributed by atoms with Gasteiger partial charge in [-0.1, -0.05) is 60.7 Å². The van der Waals surface area contributed by atoms with Crippen molar-refractivity contribution < 1.29 is 46.0 Å². The molecule has 35 heavy (non-hydrogen) atoms. The van der Waals surface area contributed by atoms with E-state index in [2.05, 4.69) is 10.6 Å². The first-order valence-electron chi connectivity index (χ1n) is 10.8. The second kappa shape index (κ2) is 15.9. The van der Waals surface area contributed by atoms with E-state index < -0.39 is 30.1 Å². The molecular formula is C25H31BrN2O6S. The molecule has 2 aromatic rings. The monoisotopic (exact) mass is 566 g/mol. The Bertz CT molecular complexity index is 959. The Morgan fingerprint density at radius 3 is 2.00 bits per heavy atom. The SMILES string of the molecule is C[S+](C)CC(=O)CCC(NC(=O)C(Cc1ccccc1)NC(=O)OCc1ccccc1)C(=O)O.[Br-]. The summed E-state index contributed by atoms with van der Waals surface area (Å²) in [5.74, 6) is -1.56. The van der Waals surface area contributed by atoms with Crippen LogP contribution >= 0.6 is 0 Å². The summed E-state index contributed by atoms with van der Waals surface area (Å²) < 4.78 is 5.22. The molecule has 0 aliphatic carbocycles. The topological polar surface area (TPSA) is 122 Å². The Kier molecular flexibility index (Phi) is 13.7. The van der Waals surface area contributed by atoms with Gasteiger partial charge < -0.3 is 37.5 Å². The predicted octanol–water partition coefficient (Wildman–Crippen LogP) is -0.675. The lowest BCUT2D eigenvalue weighted by atomic mass is 10.0. The number of hydrogen-bond acceptors (Lipinski definition) is 5. The molecule has 8 nitrogen and oxygen atoms in total. The summed E-state index contributed by atoms with van der Waals surface area (Å²) >= 11 is 0. The van der Waals surface area contributed by atoms with E-state index in [1.807, 2.05) is 36.8 Å². The van der Waals surface area contributed by atoms with Crippen LogP contribution in [0.4, 0.5) is 4.79 Å². The molecule has 0 bridgehead atoms. The van der Waals surface area contributed by atoms with Crippen LogP contribution in [0.2, 0.25) is 0 Å². The van der Waals surface area contributed by atoms with Crippen LogP contribution in [0, 0.1) is 0 Å². The normalized spacial score (nSPS) is 12.1. The van der Waals surface area contributed by atoms with Gasteiger partial charge in [0.1, 0.15) is 18.7 Å². The number of rotatable bonds is 13. The third-order valence-electron chi connectivity index (χ3n) is 4.88. The molecule has 0 radical (unpaired) electrons. The lowest BCUT2D eigenvalue weighted by molar-refractivity contribution is -0.142. The average Bonchev–Trinajstić information content (AvgIpc) is 2.80. The Labute approximate surface area is 218 Å². The van der Waals surface area contributed by atoms with Gasteiger partial charge >= 0.3 is 12.1 Å². The minimum absolute atomic E-state index is 0. The summed E-state index contributed by atoms with van der Waals surface area (Å²) in [5.41, 5.74) is 1.57. The van der Waals surface area contributed by atoms with Gasteiger partial charge in [0.05, 0.1) is 12.5 Å². The van der Waals surface area contributed by atoms with Crippen molar-refractivity contribution in [3.8, 4) is 0 Å². The summed E-state index contributed by atoms with van der Waals surface area (Å²) in [7, 11) is -0.0803. The first kappa shape index (κ1) is 30.2. The number of ether oxygens (including phenoxy) is 1. The van der Waals surface area contributed by atoms with Crippen LogP contribution < -0.4 is 27.6 Å². The van der Waals surface area contributed by atoms with Crippen LogP contribution in [0.25, 0.3) is 0 Å². The molecule has 2 atom stereocenters. The molecule has 0 aliphatic rings. The van der Waals surface area contributed by atoms with Crippen LogP contribution in [-0.2, 0) is 43.0 Å². The molecule has 3 N–H and O–H groups in total. The lowest BCUT2D eigenvalue weighted by Gasteiger charge is -2.21. The molecular weight excluding hydrogens is 536 g/mol. The van der Waals surface area contributed by atoms with Crippen LogP contribution in [0.5, 0.6) is 0 Å². The highest BCUT2D eigenvalue weighted by atomic mass is 79.9. The number of Topliss-reactive ketones (excluding diaryl/α,β-unsaturated/α-hetero) is 1. The largest absolute Gasteiger partial charge is 1.00 e. The number of aliphatic carboxylic acids is 1. The van der Waals surface area contributed by atoms with E-state index >= 15 is 0 Å². The van der Waals surface area contributed by atoms with Crippen molar-refractivity contribution in [2.45, 2.75) is 38.0 Å². The van der Waals surface area contributed by atoms with Gasteiger partial charge in [0, 0.05) is 12.8 Å². The molecule has 0 spiro atoms. The number of carbonyl (C=O) groups excluding carboxylic acids is 3. The highest BCUT2D eigenvalue weighted by Gasteiger charge is 2.28. The van der Waals surface area contributed by atoms with Crippen LogP contribution in [0.1, 0.15) is 24.0 Å². The molecule has 2 aromatic carbocycles. The molecule has 0 aromatic heterocycles. The van der Waals surface area contributed by atoms with Crippen molar-refractivity contribution in [2.24, 2.45) is 0 Å². The molecule has 190 valence electrons. The van der Waals surface area contributed by atoms with Crippen LogP contribution in [0.3, 0.4) is 0 Å². The van der Waals surface area contributed by atoms with Crippen molar-refractivity contribution in [1.82, 2.24) is 10.6 Å². The van der Waals surface area contributed by atoms with Gasteiger partial charge in [0.25, 0.3) is 0 Å². The Morgan fingerprint density at radius 2 is 1.46 bits per heavy atom. The third-order valence-corrected chi connectivity index (χ3v) is 5.78. The highest BCUT2D eigenvalue weighted by Crippen LogP contribution is 2.07. The maximum atomic E-state index is 13.0. The second-order valence-corrected chi connectivity index (χ2v) is 10.3. The van der Waals surface area contributed by atoms with E-state index in [1.165, 1.54) is 0 Å². The summed E-state index contributed by atoms with van der Waals surface area (Å²) in [4.78, 5) is 49.1. The number of carboxylic acids is 1. The van der Waals surface area contributed by atoms with Crippen molar-refractivity contribution in [2.75, 3.05) is 18.3 Å². The first-order valence-corrected chi connectivity index (χ1v) is 13.1. The molecule has 10 heteroatoms. The maximum absolute atomic E-state index is 13.0. The molecule has 2 amide bonds. The van der Waals surface area contributed by atoms with E-state index in [-0.39, 0.29) is 59.5 Å². The Morgan fingerprint density at radius 1 is 0.886 bits per heavy atom. The zero-order valence-corrected chi connectivity index (χ0v) is 22.1. The summed E-state index contributed by atoms with van der Waals surface area (Å²) in [6.45, 7) is 0.0305. The van der Waals surface area contributed by atoms with Crippen molar-refractivity contribution >= 4 is 34.6 Å². The fourth-order valence-electron chi connectivity index (χ4n) is 3.20. The van der Waals surface area contributed by atoms with Gasteiger partial charge in [0.2, 0.25) is 5.91 Å². The number of carbonyl (C=O) groups is 4. The van der Waals surface area contributed by atoms with Gasteiger partial charge in [-0.15, -0.1) is 0 Å². The number of benzene rings is 2. The molecule has 2 unspecified atom stereocenters. The molecule has 0 aliphatic heterocycles. The minimum atomic E-state index is -1.24. The number of amides is 2. The van der Waals surface area contributed by atoms with Crippen molar-refractivity contribution in [1.29, 1.82) is 0 Å². The summed E-state index contributed by atoms with van der Waals surface area (Å²) in [6.07, 6.45) is 3.26. The Hall–Kier alpha value is -2.85. The van der Waals surface area contributed by atoms with Gasteiger partial charge in [-0.3, -0.25) is 9.59 Å². The van der Waals surface area contributed by atoms with Gasteiger partial charge in [0.15, 0.2) is 11.5 Å². The number of carboxylic acid groups (broad SMARTS) is 1. The Balaban J connectivity index is 0.00000612. The van der Waals surface area contributed by atoms with Crippen molar-refractivity contribution in [3.05, 3.63) is 71.8 Å². The van der Waals surface area contributed by atoms with Gasteiger partial charge in [-0.25, -0.2) is 9.59 Å². The summed E-state index contributed by atoms with van der Waals surface area (Å²) in [5, 5.41) is 14.5. The highest BCUT2D eigenvalue weighted by molar-refractivity contribution is 7.96. The smallest absolute Gasteiger partial charge is 0.408 e.